The average Bonchev–Trinajstić information content (AvgIpc) is 3.56. The van der Waals surface area contributed by atoms with Crippen LogP contribution in [0.2, 0.25) is 0 Å². The molecule has 0 unspecified atom stereocenters. The topological polar surface area (TPSA) is 106 Å². The van der Waals surface area contributed by atoms with Crippen LogP contribution in [0, 0.1) is 6.92 Å². The monoisotopic (exact) mass is 531 g/mol. The fourth-order valence-corrected chi connectivity index (χ4v) is 4.82. The minimum absolute atomic E-state index is 0.131. The first-order chi connectivity index (χ1) is 18.9. The van der Waals surface area contributed by atoms with Gasteiger partial charge in [0.25, 0.3) is 11.8 Å². The summed E-state index contributed by atoms with van der Waals surface area (Å²) < 4.78 is 12.3. The highest BCUT2D eigenvalue weighted by molar-refractivity contribution is 5.98. The van der Waals surface area contributed by atoms with Gasteiger partial charge in [-0.15, -0.1) is 0 Å². The maximum Gasteiger partial charge on any atom is 0.274 e. The number of carbonyl (C=O) groups is 3. The Morgan fingerprint density at radius 2 is 1.90 bits per heavy atom. The number of hydrogen-bond acceptors (Lipinski definition) is 6. The van der Waals surface area contributed by atoms with Crippen molar-refractivity contribution < 1.29 is 23.9 Å². The van der Waals surface area contributed by atoms with Crippen LogP contribution in [0.3, 0.4) is 0 Å². The minimum atomic E-state index is -0.292. The van der Waals surface area contributed by atoms with Gasteiger partial charge in [0.15, 0.2) is 17.2 Å². The summed E-state index contributed by atoms with van der Waals surface area (Å²) in [5.74, 6) is 0.772. The molecule has 0 fully saturated rings. The summed E-state index contributed by atoms with van der Waals surface area (Å²) in [6, 6.07) is 15.2. The van der Waals surface area contributed by atoms with E-state index in [9.17, 15) is 14.4 Å². The third-order valence-electron chi connectivity index (χ3n) is 7.13. The predicted octanol–water partition coefficient (Wildman–Crippen LogP) is 3.13. The second-order valence-electron chi connectivity index (χ2n) is 9.74. The first-order valence-corrected chi connectivity index (χ1v) is 13.3. The van der Waals surface area contributed by atoms with Crippen LogP contribution in [0.1, 0.15) is 57.4 Å². The molecule has 0 saturated carbocycles. The second-order valence-corrected chi connectivity index (χ2v) is 9.74. The number of benzene rings is 2. The molecule has 3 heterocycles. The smallest absolute Gasteiger partial charge is 0.274 e. The number of carbonyl (C=O) groups excluding carboxylic acids is 3. The number of nitrogens with one attached hydrogen (secondary N) is 1. The van der Waals surface area contributed by atoms with Crippen molar-refractivity contribution in [2.45, 2.75) is 46.3 Å². The van der Waals surface area contributed by atoms with Crippen LogP contribution < -0.4 is 14.8 Å². The lowest BCUT2D eigenvalue weighted by atomic mass is 10.1. The van der Waals surface area contributed by atoms with Gasteiger partial charge in [0.05, 0.1) is 0 Å². The van der Waals surface area contributed by atoms with Gasteiger partial charge in [-0.25, -0.2) is 0 Å². The molecule has 39 heavy (non-hydrogen) atoms. The van der Waals surface area contributed by atoms with E-state index < -0.39 is 0 Å². The molecule has 1 N–H and O–H groups in total. The molecule has 1 aromatic heterocycles. The Bertz CT molecular complexity index is 1380. The number of aromatic nitrogens is 2. The van der Waals surface area contributed by atoms with Crippen LogP contribution in [-0.2, 0) is 24.4 Å². The quantitative estimate of drug-likeness (QED) is 0.455. The van der Waals surface area contributed by atoms with Crippen molar-refractivity contribution in [3.8, 4) is 11.5 Å². The Labute approximate surface area is 227 Å². The van der Waals surface area contributed by atoms with E-state index in [0.29, 0.717) is 49.9 Å². The highest BCUT2D eigenvalue weighted by Gasteiger charge is 2.28. The second kappa shape index (κ2) is 11.6. The van der Waals surface area contributed by atoms with Crippen LogP contribution in [-0.4, -0.2) is 63.7 Å². The fourth-order valence-electron chi connectivity index (χ4n) is 4.82. The number of nitrogens with zero attached hydrogens (tertiary/aromatic N) is 4. The van der Waals surface area contributed by atoms with Gasteiger partial charge in [-0.2, -0.15) is 5.10 Å². The van der Waals surface area contributed by atoms with Crippen molar-refractivity contribution in [1.82, 2.24) is 24.9 Å². The van der Waals surface area contributed by atoms with Gasteiger partial charge in [-0.3, -0.25) is 19.1 Å². The summed E-state index contributed by atoms with van der Waals surface area (Å²) in [7, 11) is 0. The van der Waals surface area contributed by atoms with Crippen LogP contribution in [0.15, 0.2) is 48.5 Å². The van der Waals surface area contributed by atoms with E-state index in [2.05, 4.69) is 10.4 Å². The number of ether oxygens (including phenoxy) is 2. The Kier molecular flexibility index (Phi) is 7.81. The number of rotatable bonds is 9. The van der Waals surface area contributed by atoms with E-state index >= 15 is 0 Å². The summed E-state index contributed by atoms with van der Waals surface area (Å²) in [6.45, 7) is 6.82. The van der Waals surface area contributed by atoms with Crippen LogP contribution in [0.5, 0.6) is 11.5 Å². The zero-order valence-electron chi connectivity index (χ0n) is 22.3. The van der Waals surface area contributed by atoms with Gasteiger partial charge < -0.3 is 24.6 Å². The number of fused-ring (bicyclic) bond motifs is 2. The molecule has 3 amide bonds. The normalized spacial score (nSPS) is 14.1. The molecule has 2 aliphatic heterocycles. The van der Waals surface area contributed by atoms with E-state index in [-0.39, 0.29) is 43.2 Å². The molecule has 10 heteroatoms. The lowest BCUT2D eigenvalue weighted by Gasteiger charge is -2.21. The molecule has 5 rings (SSSR count). The van der Waals surface area contributed by atoms with Crippen molar-refractivity contribution in [2.75, 3.05) is 26.4 Å². The lowest BCUT2D eigenvalue weighted by molar-refractivity contribution is -0.121. The van der Waals surface area contributed by atoms with Crippen molar-refractivity contribution in [1.29, 1.82) is 0 Å². The maximum absolute atomic E-state index is 13.4. The number of amides is 3. The summed E-state index contributed by atoms with van der Waals surface area (Å²) in [6.07, 6.45) is 0.905. The maximum atomic E-state index is 13.4. The third kappa shape index (κ3) is 5.89. The van der Waals surface area contributed by atoms with Crippen molar-refractivity contribution in [2.24, 2.45) is 0 Å². The average molecular weight is 532 g/mol. The van der Waals surface area contributed by atoms with Gasteiger partial charge in [0.1, 0.15) is 5.69 Å². The van der Waals surface area contributed by atoms with Gasteiger partial charge in [-0.1, -0.05) is 30.3 Å². The molecular formula is C29H33N5O5. The zero-order chi connectivity index (χ0) is 27.4. The molecule has 0 atom stereocenters. The Morgan fingerprint density at radius 1 is 1.08 bits per heavy atom. The molecule has 204 valence electrons. The minimum Gasteiger partial charge on any atom is -0.454 e. The Balaban J connectivity index is 1.18. The van der Waals surface area contributed by atoms with E-state index in [1.807, 2.05) is 61.2 Å². The summed E-state index contributed by atoms with van der Waals surface area (Å²) >= 11 is 0. The molecule has 0 bridgehead atoms. The van der Waals surface area contributed by atoms with E-state index in [1.54, 1.807) is 15.6 Å². The van der Waals surface area contributed by atoms with Crippen molar-refractivity contribution in [3.63, 3.8) is 0 Å². The fraction of sp³-hybridized carbons (Fsp3) is 0.379. The molecule has 2 aliphatic rings. The van der Waals surface area contributed by atoms with E-state index in [1.165, 1.54) is 0 Å². The molecule has 3 aromatic rings. The van der Waals surface area contributed by atoms with Gasteiger partial charge in [0.2, 0.25) is 12.7 Å². The predicted molar refractivity (Wildman–Crippen MR) is 143 cm³/mol. The van der Waals surface area contributed by atoms with Crippen molar-refractivity contribution in [3.05, 3.63) is 76.6 Å². The molecular weight excluding hydrogens is 498 g/mol. The highest BCUT2D eigenvalue weighted by Crippen LogP contribution is 2.32. The molecule has 0 saturated heterocycles. The molecule has 10 nitrogen and oxygen atoms in total. The van der Waals surface area contributed by atoms with Crippen molar-refractivity contribution >= 4 is 17.7 Å². The van der Waals surface area contributed by atoms with Gasteiger partial charge >= 0.3 is 0 Å². The SMILES string of the molecule is CCN(CCC(=O)NCc1ccc2c(c1)OCO2)C(=O)c1cc2n(n1)CCCN(Cc1ccccc1C)C2=O. The zero-order valence-corrected chi connectivity index (χ0v) is 22.3. The van der Waals surface area contributed by atoms with Gasteiger partial charge in [-0.05, 0) is 49.1 Å². The lowest BCUT2D eigenvalue weighted by Crippen LogP contribution is -2.35. The van der Waals surface area contributed by atoms with Crippen LogP contribution >= 0.6 is 0 Å². The Hall–Kier alpha value is -4.34. The largest absolute Gasteiger partial charge is 0.454 e. The molecule has 2 aromatic carbocycles. The summed E-state index contributed by atoms with van der Waals surface area (Å²) in [4.78, 5) is 42.5. The molecule has 0 radical (unpaired) electrons. The molecule has 0 aliphatic carbocycles. The van der Waals surface area contributed by atoms with Crippen LogP contribution in [0.25, 0.3) is 0 Å². The first-order valence-electron chi connectivity index (χ1n) is 13.3. The standard InChI is InChI=1S/C29H33N5O5/c1-3-32(14-11-27(35)30-17-21-9-10-25-26(15-21)39-19-38-25)28(36)23-16-24-29(37)33(12-6-13-34(24)31-23)18-22-8-5-4-7-20(22)2/h4-5,7-10,15-16H,3,6,11-14,17-19H2,1-2H3,(H,30,35). The number of hydrogen-bond donors (Lipinski definition) is 1. The van der Waals surface area contributed by atoms with E-state index in [0.717, 1.165) is 23.1 Å². The van der Waals surface area contributed by atoms with Gasteiger partial charge in [0, 0.05) is 51.8 Å². The number of aryl methyl sites for hydroxylation is 2. The third-order valence-corrected chi connectivity index (χ3v) is 7.13. The summed E-state index contributed by atoms with van der Waals surface area (Å²) in [5.41, 5.74) is 3.78. The first kappa shape index (κ1) is 26.3. The highest BCUT2D eigenvalue weighted by atomic mass is 16.7. The molecule has 0 spiro atoms. The summed E-state index contributed by atoms with van der Waals surface area (Å²) in [5, 5.41) is 7.36. The van der Waals surface area contributed by atoms with Crippen LogP contribution in [0.4, 0.5) is 0 Å². The Morgan fingerprint density at radius 3 is 2.72 bits per heavy atom. The van der Waals surface area contributed by atoms with E-state index in [4.69, 9.17) is 9.47 Å².